The Labute approximate surface area is 115 Å². The van der Waals surface area contributed by atoms with Gasteiger partial charge >= 0.3 is 0 Å². The van der Waals surface area contributed by atoms with Gasteiger partial charge in [-0.3, -0.25) is 0 Å². The average Bonchev–Trinajstić information content (AvgIpc) is 2.82. The summed E-state index contributed by atoms with van der Waals surface area (Å²) in [5, 5.41) is 4.83. The number of piperidine rings is 1. The molecule has 1 N–H and O–H groups in total. The van der Waals surface area contributed by atoms with Gasteiger partial charge in [-0.05, 0) is 45.7 Å². The van der Waals surface area contributed by atoms with E-state index in [-0.39, 0.29) is 0 Å². The van der Waals surface area contributed by atoms with Gasteiger partial charge in [-0.25, -0.2) is 4.98 Å². The minimum atomic E-state index is 0.599. The van der Waals surface area contributed by atoms with Gasteiger partial charge in [0.05, 0.1) is 5.01 Å². The average molecular weight is 267 g/mol. The van der Waals surface area contributed by atoms with Crippen molar-refractivity contribution in [3.05, 3.63) is 16.1 Å². The summed E-state index contributed by atoms with van der Waals surface area (Å²) in [7, 11) is 0. The lowest BCUT2D eigenvalue weighted by Crippen LogP contribution is -2.44. The third-order valence-electron chi connectivity index (χ3n) is 3.96. The van der Waals surface area contributed by atoms with Gasteiger partial charge in [-0.2, -0.15) is 0 Å². The molecule has 1 fully saturated rings. The van der Waals surface area contributed by atoms with Crippen molar-refractivity contribution in [1.82, 2.24) is 15.2 Å². The number of nitrogens with one attached hydrogen (secondary N) is 1. The van der Waals surface area contributed by atoms with Crippen molar-refractivity contribution in [2.24, 2.45) is 5.92 Å². The number of aromatic nitrogens is 1. The van der Waals surface area contributed by atoms with Gasteiger partial charge in [0.1, 0.15) is 0 Å². The first kappa shape index (κ1) is 14.0. The molecule has 1 saturated heterocycles. The van der Waals surface area contributed by atoms with E-state index < -0.39 is 0 Å². The molecular weight excluding hydrogens is 242 g/mol. The van der Waals surface area contributed by atoms with Crippen molar-refractivity contribution in [3.63, 3.8) is 0 Å². The zero-order chi connectivity index (χ0) is 13.0. The zero-order valence-electron chi connectivity index (χ0n) is 11.8. The summed E-state index contributed by atoms with van der Waals surface area (Å²) in [6, 6.07) is 0.599. The van der Waals surface area contributed by atoms with Crippen LogP contribution in [0.5, 0.6) is 0 Å². The highest BCUT2D eigenvalue weighted by atomic mass is 32.1. The smallest absolute Gasteiger partial charge is 0.0897 e. The largest absolute Gasteiger partial charge is 0.309 e. The molecule has 1 aliphatic heterocycles. The van der Waals surface area contributed by atoms with Crippen molar-refractivity contribution >= 4 is 11.3 Å². The first-order valence-corrected chi connectivity index (χ1v) is 7.87. The van der Waals surface area contributed by atoms with Gasteiger partial charge in [0.25, 0.3) is 0 Å². The summed E-state index contributed by atoms with van der Waals surface area (Å²) >= 11 is 1.80. The molecule has 0 aromatic carbocycles. The molecule has 0 spiro atoms. The fraction of sp³-hybridized carbons (Fsp3) is 0.786. The standard InChI is InChI=1S/C14H25N3S/c1-4-17-7-5-6-13(10-17)11(2)15-8-14-9-16-12(3)18-14/h9,11,13,15H,4-8,10H2,1-3H3. The topological polar surface area (TPSA) is 28.2 Å². The van der Waals surface area contributed by atoms with Crippen molar-refractivity contribution in [2.75, 3.05) is 19.6 Å². The minimum Gasteiger partial charge on any atom is -0.309 e. The second kappa shape index (κ2) is 6.64. The number of hydrogen-bond acceptors (Lipinski definition) is 4. The monoisotopic (exact) mass is 267 g/mol. The third kappa shape index (κ3) is 3.77. The molecule has 0 bridgehead atoms. The summed E-state index contributed by atoms with van der Waals surface area (Å²) in [5.41, 5.74) is 0. The Morgan fingerprint density at radius 3 is 3.11 bits per heavy atom. The fourth-order valence-corrected chi connectivity index (χ4v) is 3.45. The molecule has 2 unspecified atom stereocenters. The SMILES string of the molecule is CCN1CCCC(C(C)NCc2cnc(C)s2)C1. The van der Waals surface area contributed by atoms with E-state index in [1.807, 2.05) is 6.20 Å². The molecule has 2 heterocycles. The Balaban J connectivity index is 1.78. The highest BCUT2D eigenvalue weighted by Gasteiger charge is 2.23. The van der Waals surface area contributed by atoms with Crippen LogP contribution in [0.15, 0.2) is 6.20 Å². The Kier molecular flexibility index (Phi) is 5.15. The van der Waals surface area contributed by atoms with E-state index in [0.717, 1.165) is 17.5 Å². The van der Waals surface area contributed by atoms with E-state index in [0.29, 0.717) is 6.04 Å². The summed E-state index contributed by atoms with van der Waals surface area (Å²) in [5.74, 6) is 0.799. The van der Waals surface area contributed by atoms with E-state index in [4.69, 9.17) is 0 Å². The third-order valence-corrected chi connectivity index (χ3v) is 4.88. The molecule has 0 radical (unpaired) electrons. The molecule has 18 heavy (non-hydrogen) atoms. The molecule has 0 saturated carbocycles. The molecular formula is C14H25N3S. The van der Waals surface area contributed by atoms with Gasteiger partial charge in [0.15, 0.2) is 0 Å². The van der Waals surface area contributed by atoms with E-state index in [1.54, 1.807) is 11.3 Å². The van der Waals surface area contributed by atoms with Gasteiger partial charge in [0.2, 0.25) is 0 Å². The van der Waals surface area contributed by atoms with Crippen LogP contribution in [-0.4, -0.2) is 35.6 Å². The molecule has 0 amide bonds. The van der Waals surface area contributed by atoms with Crippen LogP contribution in [0.25, 0.3) is 0 Å². The Hall–Kier alpha value is -0.450. The van der Waals surface area contributed by atoms with Crippen molar-refractivity contribution in [3.8, 4) is 0 Å². The normalized spacial score (nSPS) is 23.2. The molecule has 1 aromatic heterocycles. The number of hydrogen-bond donors (Lipinski definition) is 1. The lowest BCUT2D eigenvalue weighted by Gasteiger charge is -2.35. The Morgan fingerprint density at radius 1 is 1.61 bits per heavy atom. The molecule has 102 valence electrons. The van der Waals surface area contributed by atoms with Crippen LogP contribution in [0.1, 0.15) is 36.6 Å². The summed E-state index contributed by atoms with van der Waals surface area (Å²) in [6.45, 7) is 11.4. The Morgan fingerprint density at radius 2 is 2.44 bits per heavy atom. The van der Waals surface area contributed by atoms with Crippen LogP contribution in [0.3, 0.4) is 0 Å². The number of likely N-dealkylation sites (tertiary alicyclic amines) is 1. The van der Waals surface area contributed by atoms with Gasteiger partial charge in [-0.1, -0.05) is 6.92 Å². The van der Waals surface area contributed by atoms with Crippen molar-refractivity contribution in [1.29, 1.82) is 0 Å². The highest BCUT2D eigenvalue weighted by Crippen LogP contribution is 2.20. The van der Waals surface area contributed by atoms with Crippen LogP contribution in [0.4, 0.5) is 0 Å². The molecule has 0 aliphatic carbocycles. The second-order valence-corrected chi connectivity index (χ2v) is 6.63. The summed E-state index contributed by atoms with van der Waals surface area (Å²) in [4.78, 5) is 8.22. The van der Waals surface area contributed by atoms with E-state index in [2.05, 4.69) is 36.0 Å². The van der Waals surface area contributed by atoms with Crippen LogP contribution in [-0.2, 0) is 6.54 Å². The number of thiazole rings is 1. The zero-order valence-corrected chi connectivity index (χ0v) is 12.6. The number of aryl methyl sites for hydroxylation is 1. The predicted octanol–water partition coefficient (Wildman–Crippen LogP) is 2.66. The predicted molar refractivity (Wildman–Crippen MR) is 78.0 cm³/mol. The quantitative estimate of drug-likeness (QED) is 0.889. The Bertz CT molecular complexity index is 364. The van der Waals surface area contributed by atoms with E-state index in [1.165, 1.54) is 37.4 Å². The maximum Gasteiger partial charge on any atom is 0.0897 e. The van der Waals surface area contributed by atoms with Crippen LogP contribution in [0.2, 0.25) is 0 Å². The molecule has 4 heteroatoms. The molecule has 2 rings (SSSR count). The van der Waals surface area contributed by atoms with Crippen LogP contribution in [0, 0.1) is 12.8 Å². The maximum atomic E-state index is 4.30. The number of rotatable bonds is 5. The minimum absolute atomic E-state index is 0.599. The molecule has 1 aromatic rings. The lowest BCUT2D eigenvalue weighted by molar-refractivity contribution is 0.157. The highest BCUT2D eigenvalue weighted by molar-refractivity contribution is 7.11. The van der Waals surface area contributed by atoms with E-state index >= 15 is 0 Å². The van der Waals surface area contributed by atoms with Crippen LogP contribution >= 0.6 is 11.3 Å². The first-order chi connectivity index (χ1) is 8.69. The van der Waals surface area contributed by atoms with Crippen molar-refractivity contribution in [2.45, 2.75) is 46.2 Å². The number of nitrogens with zero attached hydrogens (tertiary/aromatic N) is 2. The van der Waals surface area contributed by atoms with E-state index in [9.17, 15) is 0 Å². The first-order valence-electron chi connectivity index (χ1n) is 7.06. The summed E-state index contributed by atoms with van der Waals surface area (Å²) in [6.07, 6.45) is 4.72. The molecule has 1 aliphatic rings. The van der Waals surface area contributed by atoms with Crippen molar-refractivity contribution < 1.29 is 0 Å². The van der Waals surface area contributed by atoms with Gasteiger partial charge in [-0.15, -0.1) is 11.3 Å². The maximum absolute atomic E-state index is 4.30. The van der Waals surface area contributed by atoms with Gasteiger partial charge < -0.3 is 10.2 Å². The fourth-order valence-electron chi connectivity index (χ4n) is 2.70. The van der Waals surface area contributed by atoms with Gasteiger partial charge in [0, 0.05) is 30.2 Å². The molecule has 3 nitrogen and oxygen atoms in total. The summed E-state index contributed by atoms with van der Waals surface area (Å²) < 4.78 is 0. The molecule has 2 atom stereocenters. The second-order valence-electron chi connectivity index (χ2n) is 5.31. The lowest BCUT2D eigenvalue weighted by atomic mass is 9.91. The van der Waals surface area contributed by atoms with Crippen LogP contribution < -0.4 is 5.32 Å².